The molecule has 0 saturated carbocycles. The SMILES string of the molecule is CC(C)OCCCCNC(=O)c1cc([N+](=O)[O-])cnc1N. The molecule has 0 atom stereocenters. The molecule has 1 heterocycles. The molecule has 3 N–H and O–H groups in total. The van der Waals surface area contributed by atoms with Crippen molar-refractivity contribution in [1.82, 2.24) is 10.3 Å². The van der Waals surface area contributed by atoms with Crippen LogP contribution >= 0.6 is 0 Å². The van der Waals surface area contributed by atoms with Crippen LogP contribution in [0.3, 0.4) is 0 Å². The van der Waals surface area contributed by atoms with E-state index < -0.39 is 10.8 Å². The Hall–Kier alpha value is -2.22. The maximum Gasteiger partial charge on any atom is 0.288 e. The molecule has 1 amide bonds. The van der Waals surface area contributed by atoms with Crippen LogP contribution in [-0.4, -0.2) is 35.1 Å². The summed E-state index contributed by atoms with van der Waals surface area (Å²) in [6.07, 6.45) is 2.78. The molecular formula is C13H20N4O4. The molecule has 116 valence electrons. The minimum Gasteiger partial charge on any atom is -0.383 e. The number of amides is 1. The Morgan fingerprint density at radius 1 is 1.52 bits per heavy atom. The van der Waals surface area contributed by atoms with E-state index in [4.69, 9.17) is 10.5 Å². The first-order chi connectivity index (χ1) is 9.91. The van der Waals surface area contributed by atoms with E-state index in [2.05, 4.69) is 10.3 Å². The third kappa shape index (κ3) is 5.74. The molecule has 0 saturated heterocycles. The lowest BCUT2D eigenvalue weighted by Crippen LogP contribution is -2.26. The van der Waals surface area contributed by atoms with Crippen molar-refractivity contribution in [3.63, 3.8) is 0 Å². The van der Waals surface area contributed by atoms with Gasteiger partial charge in [-0.25, -0.2) is 4.98 Å². The van der Waals surface area contributed by atoms with Gasteiger partial charge in [-0.15, -0.1) is 0 Å². The highest BCUT2D eigenvalue weighted by molar-refractivity contribution is 5.98. The van der Waals surface area contributed by atoms with Crippen LogP contribution in [-0.2, 0) is 4.74 Å². The first kappa shape index (κ1) is 16.8. The molecular weight excluding hydrogens is 276 g/mol. The number of nitrogens with zero attached hydrogens (tertiary/aromatic N) is 2. The van der Waals surface area contributed by atoms with Gasteiger partial charge in [-0.1, -0.05) is 0 Å². The fourth-order valence-electron chi connectivity index (χ4n) is 1.59. The number of aromatic nitrogens is 1. The van der Waals surface area contributed by atoms with Crippen molar-refractivity contribution in [2.45, 2.75) is 32.8 Å². The summed E-state index contributed by atoms with van der Waals surface area (Å²) in [5.74, 6) is -0.491. The van der Waals surface area contributed by atoms with Gasteiger partial charge in [0, 0.05) is 19.2 Å². The number of nitro groups is 1. The van der Waals surface area contributed by atoms with Gasteiger partial charge in [-0.2, -0.15) is 0 Å². The molecule has 0 aliphatic heterocycles. The van der Waals surface area contributed by atoms with E-state index >= 15 is 0 Å². The van der Waals surface area contributed by atoms with Gasteiger partial charge in [-0.05, 0) is 26.7 Å². The number of carbonyl (C=O) groups excluding carboxylic acids is 1. The Balaban J connectivity index is 2.45. The molecule has 0 fully saturated rings. The largest absolute Gasteiger partial charge is 0.383 e. The van der Waals surface area contributed by atoms with Crippen LogP contribution in [0.2, 0.25) is 0 Å². The summed E-state index contributed by atoms with van der Waals surface area (Å²) >= 11 is 0. The average Bonchev–Trinajstić information content (AvgIpc) is 2.42. The number of unbranched alkanes of at least 4 members (excludes halogenated alkanes) is 1. The van der Waals surface area contributed by atoms with Crippen molar-refractivity contribution >= 4 is 17.4 Å². The molecule has 1 aromatic heterocycles. The van der Waals surface area contributed by atoms with Gasteiger partial charge in [0.2, 0.25) is 0 Å². The molecule has 0 aromatic carbocycles. The van der Waals surface area contributed by atoms with E-state index in [1.165, 1.54) is 0 Å². The summed E-state index contributed by atoms with van der Waals surface area (Å²) < 4.78 is 5.38. The topological polar surface area (TPSA) is 120 Å². The highest BCUT2D eigenvalue weighted by atomic mass is 16.6. The number of nitrogen functional groups attached to an aromatic ring is 1. The number of pyridine rings is 1. The summed E-state index contributed by atoms with van der Waals surface area (Å²) in [6.45, 7) is 5.00. The molecule has 21 heavy (non-hydrogen) atoms. The quantitative estimate of drug-likeness (QED) is 0.426. The van der Waals surface area contributed by atoms with E-state index in [0.29, 0.717) is 13.2 Å². The molecule has 0 aliphatic rings. The molecule has 1 aromatic rings. The van der Waals surface area contributed by atoms with Crippen LogP contribution in [0.1, 0.15) is 37.0 Å². The zero-order valence-corrected chi connectivity index (χ0v) is 12.2. The second-order valence-corrected chi connectivity index (χ2v) is 4.77. The number of nitrogens with one attached hydrogen (secondary N) is 1. The third-order valence-electron chi connectivity index (χ3n) is 2.67. The number of ether oxygens (including phenoxy) is 1. The second kappa shape index (κ2) is 8.15. The van der Waals surface area contributed by atoms with Gasteiger partial charge in [0.1, 0.15) is 12.0 Å². The van der Waals surface area contributed by atoms with Crippen LogP contribution in [0.15, 0.2) is 12.3 Å². The summed E-state index contributed by atoms with van der Waals surface area (Å²) in [5.41, 5.74) is 5.31. The normalized spacial score (nSPS) is 10.6. The molecule has 0 bridgehead atoms. The number of nitrogens with two attached hydrogens (primary N) is 1. The molecule has 8 nitrogen and oxygen atoms in total. The van der Waals surface area contributed by atoms with Gasteiger partial charge in [0.05, 0.1) is 16.6 Å². The van der Waals surface area contributed by atoms with Crippen molar-refractivity contribution in [3.8, 4) is 0 Å². The predicted molar refractivity (Wildman–Crippen MR) is 78.0 cm³/mol. The maximum atomic E-state index is 11.9. The minimum absolute atomic E-state index is 0.0163. The maximum absolute atomic E-state index is 11.9. The Bertz CT molecular complexity index is 505. The molecule has 0 radical (unpaired) electrons. The van der Waals surface area contributed by atoms with Gasteiger partial charge < -0.3 is 15.8 Å². The molecule has 0 unspecified atom stereocenters. The van der Waals surface area contributed by atoms with Crippen LogP contribution in [0.5, 0.6) is 0 Å². The predicted octanol–water partition coefficient (Wildman–Crippen LogP) is 1.51. The molecule has 8 heteroatoms. The lowest BCUT2D eigenvalue weighted by molar-refractivity contribution is -0.385. The molecule has 0 spiro atoms. The van der Waals surface area contributed by atoms with Gasteiger partial charge in [0.15, 0.2) is 0 Å². The van der Waals surface area contributed by atoms with E-state index in [9.17, 15) is 14.9 Å². The molecule has 0 aliphatic carbocycles. The van der Waals surface area contributed by atoms with E-state index in [-0.39, 0.29) is 23.2 Å². The number of hydrogen-bond acceptors (Lipinski definition) is 6. The standard InChI is InChI=1S/C13H20N4O4/c1-9(2)21-6-4-3-5-15-13(18)11-7-10(17(19)20)8-16-12(11)14/h7-9H,3-6H2,1-2H3,(H2,14,16)(H,15,18). The lowest BCUT2D eigenvalue weighted by Gasteiger charge is -2.08. The molecule has 1 rings (SSSR count). The smallest absolute Gasteiger partial charge is 0.288 e. The number of carbonyl (C=O) groups is 1. The van der Waals surface area contributed by atoms with E-state index in [1.54, 1.807) is 0 Å². The Morgan fingerprint density at radius 2 is 2.24 bits per heavy atom. The second-order valence-electron chi connectivity index (χ2n) is 4.77. The number of anilines is 1. The van der Waals surface area contributed by atoms with Gasteiger partial charge in [0.25, 0.3) is 11.6 Å². The zero-order chi connectivity index (χ0) is 15.8. The van der Waals surface area contributed by atoms with Crippen molar-refractivity contribution in [3.05, 3.63) is 27.9 Å². The third-order valence-corrected chi connectivity index (χ3v) is 2.67. The zero-order valence-electron chi connectivity index (χ0n) is 12.2. The van der Waals surface area contributed by atoms with E-state index in [0.717, 1.165) is 25.1 Å². The van der Waals surface area contributed by atoms with Crippen LogP contribution in [0.4, 0.5) is 11.5 Å². The van der Waals surface area contributed by atoms with Crippen molar-refractivity contribution in [2.75, 3.05) is 18.9 Å². The van der Waals surface area contributed by atoms with Crippen molar-refractivity contribution < 1.29 is 14.5 Å². The van der Waals surface area contributed by atoms with Gasteiger partial charge >= 0.3 is 0 Å². The highest BCUT2D eigenvalue weighted by Gasteiger charge is 2.16. The highest BCUT2D eigenvalue weighted by Crippen LogP contribution is 2.16. The fourth-order valence-corrected chi connectivity index (χ4v) is 1.59. The number of rotatable bonds is 8. The minimum atomic E-state index is -0.619. The Labute approximate surface area is 122 Å². The summed E-state index contributed by atoms with van der Waals surface area (Å²) in [7, 11) is 0. The van der Waals surface area contributed by atoms with Crippen LogP contribution in [0.25, 0.3) is 0 Å². The van der Waals surface area contributed by atoms with Crippen LogP contribution in [0, 0.1) is 10.1 Å². The summed E-state index contributed by atoms with van der Waals surface area (Å²) in [6, 6.07) is 1.12. The van der Waals surface area contributed by atoms with E-state index in [1.807, 2.05) is 13.8 Å². The lowest BCUT2D eigenvalue weighted by atomic mass is 10.2. The van der Waals surface area contributed by atoms with Crippen molar-refractivity contribution in [1.29, 1.82) is 0 Å². The first-order valence-corrected chi connectivity index (χ1v) is 6.71. The monoisotopic (exact) mass is 296 g/mol. The van der Waals surface area contributed by atoms with Gasteiger partial charge in [-0.3, -0.25) is 14.9 Å². The Kier molecular flexibility index (Phi) is 6.54. The fraction of sp³-hybridized carbons (Fsp3) is 0.538. The van der Waals surface area contributed by atoms with Crippen LogP contribution < -0.4 is 11.1 Å². The Morgan fingerprint density at radius 3 is 2.86 bits per heavy atom. The van der Waals surface area contributed by atoms with Crippen molar-refractivity contribution in [2.24, 2.45) is 0 Å². The first-order valence-electron chi connectivity index (χ1n) is 6.71. The number of hydrogen-bond donors (Lipinski definition) is 2. The summed E-state index contributed by atoms with van der Waals surface area (Å²) in [5, 5.41) is 13.3. The summed E-state index contributed by atoms with van der Waals surface area (Å²) in [4.78, 5) is 25.6. The average molecular weight is 296 g/mol.